The summed E-state index contributed by atoms with van der Waals surface area (Å²) in [6, 6.07) is 17.7. The van der Waals surface area contributed by atoms with E-state index in [2.05, 4.69) is 10.6 Å². The highest BCUT2D eigenvalue weighted by Crippen LogP contribution is 2.29. The van der Waals surface area contributed by atoms with Gasteiger partial charge in [-0.2, -0.15) is 13.2 Å². The number of alkyl halides is 3. The molecule has 0 saturated carbocycles. The van der Waals surface area contributed by atoms with E-state index < -0.39 is 17.6 Å². The lowest BCUT2D eigenvalue weighted by Gasteiger charge is -2.10. The monoisotopic (exact) mass is 458 g/mol. The summed E-state index contributed by atoms with van der Waals surface area (Å²) in [5.74, 6) is 0.168. The number of hydrogen-bond acceptors (Lipinski definition) is 4. The minimum atomic E-state index is -4.44. The van der Waals surface area contributed by atoms with Crippen LogP contribution < -0.4 is 20.1 Å². The Bertz CT molecular complexity index is 1120. The van der Waals surface area contributed by atoms with Crippen molar-refractivity contribution in [3.05, 3.63) is 89.5 Å². The molecule has 0 spiro atoms. The number of hydrogen-bond donors (Lipinski definition) is 2. The molecule has 0 saturated heterocycles. The second-order valence-electron chi connectivity index (χ2n) is 6.97. The molecular formula is C24H21F3N2O4. The highest BCUT2D eigenvalue weighted by Gasteiger charge is 2.30. The van der Waals surface area contributed by atoms with Crippen molar-refractivity contribution in [3.63, 3.8) is 0 Å². The van der Waals surface area contributed by atoms with Crippen LogP contribution in [0.3, 0.4) is 0 Å². The van der Waals surface area contributed by atoms with Gasteiger partial charge in [-0.05, 0) is 54.1 Å². The second kappa shape index (κ2) is 10.5. The van der Waals surface area contributed by atoms with Crippen molar-refractivity contribution in [1.29, 1.82) is 0 Å². The Morgan fingerprint density at radius 2 is 1.64 bits per heavy atom. The zero-order valence-corrected chi connectivity index (χ0v) is 17.6. The third-order valence-corrected chi connectivity index (χ3v) is 4.55. The number of halogens is 3. The van der Waals surface area contributed by atoms with E-state index in [0.717, 1.165) is 12.1 Å². The predicted molar refractivity (Wildman–Crippen MR) is 116 cm³/mol. The summed E-state index contributed by atoms with van der Waals surface area (Å²) in [5, 5.41) is 5.26. The van der Waals surface area contributed by atoms with Gasteiger partial charge in [0.1, 0.15) is 11.5 Å². The molecule has 33 heavy (non-hydrogen) atoms. The highest BCUT2D eigenvalue weighted by atomic mass is 19.4. The van der Waals surface area contributed by atoms with Gasteiger partial charge in [0, 0.05) is 23.9 Å². The third kappa shape index (κ3) is 6.99. The summed E-state index contributed by atoms with van der Waals surface area (Å²) in [6.45, 7) is -0.288. The first-order chi connectivity index (χ1) is 15.7. The van der Waals surface area contributed by atoms with Crippen LogP contribution >= 0.6 is 0 Å². The van der Waals surface area contributed by atoms with Crippen LogP contribution in [-0.4, -0.2) is 25.5 Å². The molecule has 0 aliphatic heterocycles. The normalized spacial score (nSPS) is 10.9. The summed E-state index contributed by atoms with van der Waals surface area (Å²) in [4.78, 5) is 24.3. The average Bonchev–Trinajstić information content (AvgIpc) is 2.81. The first-order valence-corrected chi connectivity index (χ1v) is 9.86. The maximum absolute atomic E-state index is 12.8. The van der Waals surface area contributed by atoms with Crippen LogP contribution in [0.15, 0.2) is 72.8 Å². The molecule has 0 aliphatic carbocycles. The van der Waals surface area contributed by atoms with Crippen LogP contribution in [0.2, 0.25) is 0 Å². The summed E-state index contributed by atoms with van der Waals surface area (Å²) < 4.78 is 48.9. The molecule has 0 aliphatic rings. The molecule has 3 rings (SSSR count). The summed E-state index contributed by atoms with van der Waals surface area (Å²) in [5.41, 5.74) is 0.428. The second-order valence-corrected chi connectivity index (χ2v) is 6.97. The van der Waals surface area contributed by atoms with E-state index in [1.54, 1.807) is 24.3 Å². The van der Waals surface area contributed by atoms with Crippen molar-refractivity contribution in [1.82, 2.24) is 5.32 Å². The largest absolute Gasteiger partial charge is 0.497 e. The molecule has 2 amide bonds. The Morgan fingerprint density at radius 3 is 2.33 bits per heavy atom. The van der Waals surface area contributed by atoms with Crippen LogP contribution in [-0.2, 0) is 17.5 Å². The summed E-state index contributed by atoms with van der Waals surface area (Å²) in [6.07, 6.45) is -4.44. The van der Waals surface area contributed by atoms with Gasteiger partial charge in [-0.15, -0.1) is 0 Å². The number of amides is 2. The number of anilines is 1. The Balaban J connectivity index is 1.49. The van der Waals surface area contributed by atoms with Gasteiger partial charge in [0.2, 0.25) is 0 Å². The minimum Gasteiger partial charge on any atom is -0.497 e. The highest BCUT2D eigenvalue weighted by molar-refractivity contribution is 5.94. The van der Waals surface area contributed by atoms with Crippen molar-refractivity contribution in [2.45, 2.75) is 12.7 Å². The zero-order valence-electron chi connectivity index (χ0n) is 17.6. The molecule has 0 fully saturated rings. The maximum atomic E-state index is 12.8. The molecule has 172 valence electrons. The first-order valence-electron chi connectivity index (χ1n) is 9.86. The SMILES string of the molecule is COc1cccc(NC(=O)COc2ccc(C(=O)NCc3cccc(C(F)(F)F)c3)cc2)c1. The van der Waals surface area contributed by atoms with Crippen LogP contribution in [0.5, 0.6) is 11.5 Å². The van der Waals surface area contributed by atoms with Gasteiger partial charge in [-0.25, -0.2) is 0 Å². The zero-order chi connectivity index (χ0) is 23.8. The molecule has 0 heterocycles. The van der Waals surface area contributed by atoms with E-state index in [1.807, 2.05) is 0 Å². The van der Waals surface area contributed by atoms with Crippen molar-refractivity contribution < 1.29 is 32.2 Å². The third-order valence-electron chi connectivity index (χ3n) is 4.55. The fourth-order valence-electron chi connectivity index (χ4n) is 2.89. The Kier molecular flexibility index (Phi) is 7.55. The lowest BCUT2D eigenvalue weighted by Crippen LogP contribution is -2.23. The number of benzene rings is 3. The van der Waals surface area contributed by atoms with Gasteiger partial charge in [-0.3, -0.25) is 9.59 Å². The number of rotatable bonds is 8. The molecule has 9 heteroatoms. The van der Waals surface area contributed by atoms with Crippen LogP contribution in [0.25, 0.3) is 0 Å². The topological polar surface area (TPSA) is 76.7 Å². The van der Waals surface area contributed by atoms with Gasteiger partial charge in [0.05, 0.1) is 12.7 Å². The van der Waals surface area contributed by atoms with Crippen molar-refractivity contribution in [2.24, 2.45) is 0 Å². The van der Waals surface area contributed by atoms with E-state index in [-0.39, 0.29) is 19.1 Å². The summed E-state index contributed by atoms with van der Waals surface area (Å²) in [7, 11) is 1.53. The number of ether oxygens (including phenoxy) is 2. The lowest BCUT2D eigenvalue weighted by atomic mass is 10.1. The Morgan fingerprint density at radius 1 is 0.909 bits per heavy atom. The Labute approximate surface area is 188 Å². The van der Waals surface area contributed by atoms with Gasteiger partial charge in [0.15, 0.2) is 6.61 Å². The molecule has 3 aromatic rings. The van der Waals surface area contributed by atoms with E-state index >= 15 is 0 Å². The van der Waals surface area contributed by atoms with E-state index in [1.165, 1.54) is 43.5 Å². The molecular weight excluding hydrogens is 437 g/mol. The van der Waals surface area contributed by atoms with Crippen LogP contribution in [0, 0.1) is 0 Å². The molecule has 0 radical (unpaired) electrons. The smallest absolute Gasteiger partial charge is 0.416 e. The first kappa shape index (κ1) is 23.6. The Hall–Kier alpha value is -4.01. The molecule has 0 aromatic heterocycles. The van der Waals surface area contributed by atoms with Crippen molar-refractivity contribution in [3.8, 4) is 11.5 Å². The van der Waals surface area contributed by atoms with E-state index in [4.69, 9.17) is 9.47 Å². The minimum absolute atomic E-state index is 0.0502. The fraction of sp³-hybridized carbons (Fsp3) is 0.167. The number of methoxy groups -OCH3 is 1. The van der Waals surface area contributed by atoms with Gasteiger partial charge in [-0.1, -0.05) is 18.2 Å². The molecule has 0 unspecified atom stereocenters. The maximum Gasteiger partial charge on any atom is 0.416 e. The molecule has 0 bridgehead atoms. The molecule has 2 N–H and O–H groups in total. The van der Waals surface area contributed by atoms with E-state index in [0.29, 0.717) is 28.3 Å². The number of nitrogens with one attached hydrogen (secondary N) is 2. The number of carbonyl (C=O) groups is 2. The quantitative estimate of drug-likeness (QED) is 0.515. The van der Waals surface area contributed by atoms with Crippen LogP contribution in [0.1, 0.15) is 21.5 Å². The number of carbonyl (C=O) groups excluding carboxylic acids is 2. The molecule has 6 nitrogen and oxygen atoms in total. The standard InChI is InChI=1S/C24H21F3N2O4/c1-32-21-7-3-6-19(13-21)29-22(30)15-33-20-10-8-17(9-11-20)23(31)28-14-16-4-2-5-18(12-16)24(25,26)27/h2-13H,14-15H2,1H3,(H,28,31)(H,29,30). The predicted octanol–water partition coefficient (Wildman–Crippen LogP) is 4.66. The van der Waals surface area contributed by atoms with Crippen molar-refractivity contribution in [2.75, 3.05) is 19.0 Å². The fourth-order valence-corrected chi connectivity index (χ4v) is 2.89. The average molecular weight is 458 g/mol. The molecule has 0 atom stereocenters. The van der Waals surface area contributed by atoms with Crippen LogP contribution in [0.4, 0.5) is 18.9 Å². The summed E-state index contributed by atoms with van der Waals surface area (Å²) >= 11 is 0. The van der Waals surface area contributed by atoms with Gasteiger partial charge < -0.3 is 20.1 Å². The van der Waals surface area contributed by atoms with E-state index in [9.17, 15) is 22.8 Å². The van der Waals surface area contributed by atoms with Crippen molar-refractivity contribution >= 4 is 17.5 Å². The molecule has 3 aromatic carbocycles. The lowest BCUT2D eigenvalue weighted by molar-refractivity contribution is -0.137. The van der Waals surface area contributed by atoms with Gasteiger partial charge >= 0.3 is 6.18 Å². The van der Waals surface area contributed by atoms with Gasteiger partial charge in [0.25, 0.3) is 11.8 Å².